The number of carboxylic acid groups (broad SMARTS) is 1. The second-order valence-electron chi connectivity index (χ2n) is 10.1. The largest absolute Gasteiger partial charge is 0.493 e. The lowest BCUT2D eigenvalue weighted by Gasteiger charge is -2.38. The number of aliphatic carboxylic acids is 1. The average molecular weight is 571 g/mol. The van der Waals surface area contributed by atoms with Gasteiger partial charge in [0.1, 0.15) is 22.6 Å². The summed E-state index contributed by atoms with van der Waals surface area (Å²) in [7, 11) is 0. The number of ketones is 1. The van der Waals surface area contributed by atoms with Gasteiger partial charge in [0.25, 0.3) is 0 Å². The lowest BCUT2D eigenvalue weighted by atomic mass is 9.90. The zero-order valence-corrected chi connectivity index (χ0v) is 24.7. The Morgan fingerprint density at radius 1 is 1.10 bits per heavy atom. The van der Waals surface area contributed by atoms with Crippen molar-refractivity contribution in [3.63, 3.8) is 0 Å². The summed E-state index contributed by atoms with van der Waals surface area (Å²) in [6.45, 7) is 10.8. The Morgan fingerprint density at radius 3 is 2.34 bits per heavy atom. The molecule has 2 amide bonds. The van der Waals surface area contributed by atoms with E-state index in [-0.39, 0.29) is 45.0 Å². The molecule has 2 aromatic rings. The molecule has 3 rings (SSSR count). The molecule has 1 fully saturated rings. The van der Waals surface area contributed by atoms with Gasteiger partial charge < -0.3 is 34.3 Å². The predicted molar refractivity (Wildman–Crippen MR) is 154 cm³/mol. The fourth-order valence-electron chi connectivity index (χ4n) is 5.07. The first kappa shape index (κ1) is 31.9. The molecule has 224 valence electrons. The number of ether oxygens (including phenoxy) is 4. The van der Waals surface area contributed by atoms with Gasteiger partial charge in [0, 0.05) is 32.6 Å². The van der Waals surface area contributed by atoms with Gasteiger partial charge in [-0.05, 0) is 57.4 Å². The monoisotopic (exact) mass is 570 g/mol. The second kappa shape index (κ2) is 14.8. The Morgan fingerprint density at radius 2 is 1.76 bits per heavy atom. The minimum atomic E-state index is -1.43. The zero-order valence-electron chi connectivity index (χ0n) is 24.7. The van der Waals surface area contributed by atoms with E-state index in [1.807, 2.05) is 58.0 Å². The number of rotatable bonds is 14. The standard InChI is InChI=1S/C31H42N2O8/c1-6-40-26-19-25(21(3)28(41-7-2)27(26)23(5)34)22(4)33(15-18-39-20-24-11-9-8-10-12-24)30(37)32-31(29(35)36)13-16-38-17-14-31/h8-12,19,22H,6-7,13-18,20H2,1-5H3,(H,32,37)(H,35,36). The van der Waals surface area contributed by atoms with Crippen molar-refractivity contribution in [2.75, 3.05) is 39.6 Å². The van der Waals surface area contributed by atoms with Gasteiger partial charge in [0.15, 0.2) is 5.78 Å². The molecule has 2 N–H and O–H groups in total. The third-order valence-electron chi connectivity index (χ3n) is 7.34. The Hall–Kier alpha value is -3.63. The second-order valence-corrected chi connectivity index (χ2v) is 10.1. The molecule has 1 saturated heterocycles. The van der Waals surface area contributed by atoms with E-state index in [9.17, 15) is 19.5 Å². The Bertz CT molecular complexity index is 1190. The normalized spacial score (nSPS) is 15.0. The van der Waals surface area contributed by atoms with E-state index in [1.54, 1.807) is 11.0 Å². The lowest BCUT2D eigenvalue weighted by Crippen LogP contribution is -2.60. The highest BCUT2D eigenvalue weighted by molar-refractivity contribution is 6.00. The lowest BCUT2D eigenvalue weighted by molar-refractivity contribution is -0.148. The van der Waals surface area contributed by atoms with E-state index >= 15 is 0 Å². The van der Waals surface area contributed by atoms with Crippen molar-refractivity contribution in [1.82, 2.24) is 10.2 Å². The fourth-order valence-corrected chi connectivity index (χ4v) is 5.07. The number of benzene rings is 2. The maximum atomic E-state index is 13.8. The summed E-state index contributed by atoms with van der Waals surface area (Å²) in [6, 6.07) is 10.4. The molecule has 0 saturated carbocycles. The maximum Gasteiger partial charge on any atom is 0.329 e. The van der Waals surface area contributed by atoms with Crippen LogP contribution in [0.3, 0.4) is 0 Å². The van der Waals surface area contributed by atoms with Crippen LogP contribution in [0.1, 0.15) is 73.6 Å². The minimum Gasteiger partial charge on any atom is -0.493 e. The molecule has 41 heavy (non-hydrogen) atoms. The van der Waals surface area contributed by atoms with E-state index in [0.29, 0.717) is 42.4 Å². The molecule has 2 aromatic carbocycles. The molecule has 0 radical (unpaired) electrons. The summed E-state index contributed by atoms with van der Waals surface area (Å²) in [5.41, 5.74) is 1.35. The third kappa shape index (κ3) is 7.77. The Balaban J connectivity index is 1.97. The van der Waals surface area contributed by atoms with E-state index in [4.69, 9.17) is 18.9 Å². The molecule has 1 unspecified atom stereocenters. The van der Waals surface area contributed by atoms with Crippen molar-refractivity contribution >= 4 is 17.8 Å². The van der Waals surface area contributed by atoms with Crippen LogP contribution in [-0.4, -0.2) is 72.9 Å². The number of urea groups is 1. The van der Waals surface area contributed by atoms with Gasteiger partial charge in [-0.25, -0.2) is 9.59 Å². The molecule has 10 heteroatoms. The summed E-state index contributed by atoms with van der Waals surface area (Å²) >= 11 is 0. The Kier molecular flexibility index (Phi) is 11.5. The van der Waals surface area contributed by atoms with Crippen LogP contribution in [0.5, 0.6) is 11.5 Å². The summed E-state index contributed by atoms with van der Waals surface area (Å²) in [6.07, 6.45) is 0.326. The van der Waals surface area contributed by atoms with Gasteiger partial charge in [0.05, 0.1) is 32.5 Å². The molecule has 1 heterocycles. The van der Waals surface area contributed by atoms with Crippen LogP contribution in [0.25, 0.3) is 0 Å². The number of carboxylic acids is 1. The summed E-state index contributed by atoms with van der Waals surface area (Å²) in [4.78, 5) is 40.3. The van der Waals surface area contributed by atoms with Gasteiger partial charge in [-0.15, -0.1) is 0 Å². The van der Waals surface area contributed by atoms with Gasteiger partial charge in [-0.1, -0.05) is 30.3 Å². The van der Waals surface area contributed by atoms with Gasteiger partial charge in [-0.2, -0.15) is 0 Å². The van der Waals surface area contributed by atoms with Crippen LogP contribution in [0.4, 0.5) is 4.79 Å². The van der Waals surface area contributed by atoms with E-state index in [0.717, 1.165) is 11.1 Å². The van der Waals surface area contributed by atoms with Crippen molar-refractivity contribution in [3.05, 3.63) is 58.7 Å². The number of amides is 2. The highest BCUT2D eigenvalue weighted by Gasteiger charge is 2.43. The molecule has 1 aliphatic heterocycles. The fraction of sp³-hybridized carbons (Fsp3) is 0.516. The quantitative estimate of drug-likeness (QED) is 0.242. The highest BCUT2D eigenvalue weighted by Crippen LogP contribution is 2.39. The molecule has 1 aliphatic rings. The number of nitrogens with zero attached hydrogens (tertiary/aromatic N) is 1. The molecular formula is C31H42N2O8. The Labute approximate surface area is 241 Å². The van der Waals surface area contributed by atoms with Crippen LogP contribution >= 0.6 is 0 Å². The number of carbonyl (C=O) groups excluding carboxylic acids is 2. The number of nitrogens with one attached hydrogen (secondary N) is 1. The van der Waals surface area contributed by atoms with Crippen LogP contribution < -0.4 is 14.8 Å². The zero-order chi connectivity index (χ0) is 30.0. The summed E-state index contributed by atoms with van der Waals surface area (Å²) in [5, 5.41) is 12.9. The number of carbonyl (C=O) groups is 3. The summed E-state index contributed by atoms with van der Waals surface area (Å²) < 4.78 is 23.1. The van der Waals surface area contributed by atoms with Crippen LogP contribution in [0.15, 0.2) is 36.4 Å². The van der Waals surface area contributed by atoms with Crippen LogP contribution in [0.2, 0.25) is 0 Å². The van der Waals surface area contributed by atoms with E-state index < -0.39 is 23.6 Å². The first-order valence-corrected chi connectivity index (χ1v) is 14.1. The highest BCUT2D eigenvalue weighted by atomic mass is 16.5. The molecule has 0 spiro atoms. The number of hydrogen-bond donors (Lipinski definition) is 2. The van der Waals surface area contributed by atoms with E-state index in [2.05, 4.69) is 5.32 Å². The molecule has 0 aromatic heterocycles. The van der Waals surface area contributed by atoms with Gasteiger partial charge in [-0.3, -0.25) is 4.79 Å². The smallest absolute Gasteiger partial charge is 0.329 e. The molecule has 10 nitrogen and oxygen atoms in total. The topological polar surface area (TPSA) is 124 Å². The van der Waals surface area contributed by atoms with E-state index in [1.165, 1.54) is 6.92 Å². The predicted octanol–water partition coefficient (Wildman–Crippen LogP) is 4.92. The maximum absolute atomic E-state index is 13.8. The van der Waals surface area contributed by atoms with Crippen molar-refractivity contribution in [1.29, 1.82) is 0 Å². The minimum absolute atomic E-state index is 0.163. The van der Waals surface area contributed by atoms with Crippen molar-refractivity contribution in [3.8, 4) is 11.5 Å². The van der Waals surface area contributed by atoms with Gasteiger partial charge >= 0.3 is 12.0 Å². The molecule has 1 atom stereocenters. The van der Waals surface area contributed by atoms with Gasteiger partial charge in [0.2, 0.25) is 0 Å². The van der Waals surface area contributed by atoms with Crippen LogP contribution in [0, 0.1) is 6.92 Å². The average Bonchev–Trinajstić information content (AvgIpc) is 2.95. The molecule has 0 aliphatic carbocycles. The van der Waals surface area contributed by atoms with Crippen molar-refractivity contribution in [2.24, 2.45) is 0 Å². The van der Waals surface area contributed by atoms with Crippen molar-refractivity contribution in [2.45, 2.75) is 65.6 Å². The molecular weight excluding hydrogens is 528 g/mol. The first-order chi connectivity index (χ1) is 19.6. The number of Topliss-reactive ketones (excluding diaryl/α,β-unsaturated/α-hetero) is 1. The molecule has 0 bridgehead atoms. The van der Waals surface area contributed by atoms with Crippen molar-refractivity contribution < 1.29 is 38.4 Å². The third-order valence-corrected chi connectivity index (χ3v) is 7.34. The SMILES string of the molecule is CCOc1cc(C(C)N(CCOCc2ccccc2)C(=O)NC2(C(=O)O)CCOCC2)c(C)c(OCC)c1C(C)=O. The number of hydrogen-bond acceptors (Lipinski definition) is 7. The first-order valence-electron chi connectivity index (χ1n) is 14.1. The summed E-state index contributed by atoms with van der Waals surface area (Å²) in [5.74, 6) is -0.490. The van der Waals surface area contributed by atoms with Crippen LogP contribution in [-0.2, 0) is 20.9 Å².